The van der Waals surface area contributed by atoms with Crippen molar-refractivity contribution in [2.24, 2.45) is 0 Å². The number of nitrogens with one attached hydrogen (secondary N) is 3. The average Bonchev–Trinajstić information content (AvgIpc) is 2.75. The van der Waals surface area contributed by atoms with Gasteiger partial charge in [-0.25, -0.2) is 9.97 Å². The molecule has 0 saturated carbocycles. The lowest BCUT2D eigenvalue weighted by Gasteiger charge is -2.22. The molecule has 0 saturated heterocycles. The van der Waals surface area contributed by atoms with E-state index in [9.17, 15) is 4.79 Å². The first-order valence-corrected chi connectivity index (χ1v) is 10.6. The summed E-state index contributed by atoms with van der Waals surface area (Å²) >= 11 is 0. The highest BCUT2D eigenvalue weighted by molar-refractivity contribution is 5.79. The largest absolute Gasteiger partial charge is 0.382 e. The Morgan fingerprint density at radius 2 is 1.90 bits per heavy atom. The fourth-order valence-electron chi connectivity index (χ4n) is 3.61. The zero-order chi connectivity index (χ0) is 21.7. The fraction of sp³-hybridized carbons (Fsp3) is 0.435. The quantitative estimate of drug-likeness (QED) is 0.503. The third kappa shape index (κ3) is 4.79. The van der Waals surface area contributed by atoms with E-state index in [1.54, 1.807) is 0 Å². The molecule has 0 aliphatic carbocycles. The summed E-state index contributed by atoms with van der Waals surface area (Å²) in [4.78, 5) is 26.7. The summed E-state index contributed by atoms with van der Waals surface area (Å²) in [5, 5.41) is 6.55. The van der Waals surface area contributed by atoms with Crippen molar-refractivity contribution >= 4 is 22.5 Å². The summed E-state index contributed by atoms with van der Waals surface area (Å²) in [6.45, 7) is 11.7. The number of rotatable bonds is 9. The Morgan fingerprint density at radius 1 is 1.10 bits per heavy atom. The molecule has 0 aliphatic heterocycles. The maximum atomic E-state index is 12.2. The van der Waals surface area contributed by atoms with E-state index in [2.05, 4.69) is 56.5 Å². The van der Waals surface area contributed by atoms with Crippen LogP contribution in [0.15, 0.2) is 29.1 Å². The number of likely N-dealkylation sites (N-methyl/N-ethyl adjacent to an activating group) is 1. The van der Waals surface area contributed by atoms with Crippen molar-refractivity contribution in [3.05, 3.63) is 57.1 Å². The normalized spacial score (nSPS) is 11.3. The van der Waals surface area contributed by atoms with Crippen molar-refractivity contribution in [1.82, 2.24) is 19.9 Å². The van der Waals surface area contributed by atoms with Gasteiger partial charge in [-0.1, -0.05) is 19.9 Å². The van der Waals surface area contributed by atoms with Crippen LogP contribution in [0.5, 0.6) is 0 Å². The number of fused-ring (bicyclic) bond motifs is 1. The van der Waals surface area contributed by atoms with Gasteiger partial charge in [0.1, 0.15) is 11.5 Å². The molecule has 0 unspecified atom stereocenters. The van der Waals surface area contributed by atoms with Gasteiger partial charge in [0.05, 0.1) is 22.4 Å². The third-order valence-electron chi connectivity index (χ3n) is 5.57. The molecule has 3 aromatic rings. The first kappa shape index (κ1) is 21.8. The highest BCUT2D eigenvalue weighted by Crippen LogP contribution is 2.20. The number of pyridine rings is 1. The molecule has 160 valence electrons. The molecule has 2 heterocycles. The molecular formula is C23H32N6O. The molecule has 0 aliphatic rings. The molecule has 0 amide bonds. The van der Waals surface area contributed by atoms with Gasteiger partial charge in [-0.15, -0.1) is 0 Å². The number of aromatic amines is 1. The van der Waals surface area contributed by atoms with Crippen LogP contribution in [0.1, 0.15) is 36.4 Å². The Hall–Kier alpha value is -2.93. The van der Waals surface area contributed by atoms with Crippen molar-refractivity contribution < 1.29 is 0 Å². The van der Waals surface area contributed by atoms with Crippen LogP contribution in [0.2, 0.25) is 0 Å². The first-order valence-electron chi connectivity index (χ1n) is 10.6. The molecule has 3 N–H and O–H groups in total. The van der Waals surface area contributed by atoms with E-state index in [4.69, 9.17) is 0 Å². The van der Waals surface area contributed by atoms with Gasteiger partial charge in [0, 0.05) is 26.7 Å². The van der Waals surface area contributed by atoms with E-state index in [-0.39, 0.29) is 5.56 Å². The average molecular weight is 409 g/mol. The van der Waals surface area contributed by atoms with Gasteiger partial charge in [0.2, 0.25) is 0 Å². The van der Waals surface area contributed by atoms with Gasteiger partial charge in [-0.3, -0.25) is 9.69 Å². The highest BCUT2D eigenvalue weighted by atomic mass is 16.1. The molecule has 0 atom stereocenters. The van der Waals surface area contributed by atoms with E-state index in [0.29, 0.717) is 12.1 Å². The Bertz CT molecular complexity index is 1080. The maximum absolute atomic E-state index is 12.2. The second-order valence-corrected chi connectivity index (χ2v) is 7.48. The van der Waals surface area contributed by atoms with Crippen LogP contribution in [0.25, 0.3) is 11.0 Å². The van der Waals surface area contributed by atoms with E-state index < -0.39 is 0 Å². The third-order valence-corrected chi connectivity index (χ3v) is 5.57. The number of nitrogens with zero attached hydrogens (tertiary/aromatic N) is 3. The second kappa shape index (κ2) is 9.71. The highest BCUT2D eigenvalue weighted by Gasteiger charge is 2.11. The van der Waals surface area contributed by atoms with Crippen LogP contribution in [0.4, 0.5) is 11.5 Å². The van der Waals surface area contributed by atoms with Crippen LogP contribution in [-0.2, 0) is 13.0 Å². The number of hydrogen-bond acceptors (Lipinski definition) is 6. The van der Waals surface area contributed by atoms with E-state index in [1.807, 2.05) is 33.0 Å². The van der Waals surface area contributed by atoms with Crippen LogP contribution in [0, 0.1) is 13.8 Å². The predicted molar refractivity (Wildman–Crippen MR) is 124 cm³/mol. The molecule has 0 spiro atoms. The van der Waals surface area contributed by atoms with Gasteiger partial charge in [-0.2, -0.15) is 0 Å². The van der Waals surface area contributed by atoms with Gasteiger partial charge >= 0.3 is 0 Å². The lowest BCUT2D eigenvalue weighted by molar-refractivity contribution is 0.290. The number of anilines is 2. The van der Waals surface area contributed by atoms with Crippen LogP contribution in [-0.4, -0.2) is 46.5 Å². The lowest BCUT2D eigenvalue weighted by Crippen LogP contribution is -2.29. The minimum Gasteiger partial charge on any atom is -0.382 e. The lowest BCUT2D eigenvalue weighted by atomic mass is 10.1. The van der Waals surface area contributed by atoms with Crippen molar-refractivity contribution in [3.63, 3.8) is 0 Å². The summed E-state index contributed by atoms with van der Waals surface area (Å²) in [6.07, 6.45) is 0.634. The summed E-state index contributed by atoms with van der Waals surface area (Å²) in [6, 6.07) is 8.18. The van der Waals surface area contributed by atoms with Crippen LogP contribution >= 0.6 is 0 Å². The predicted octanol–water partition coefficient (Wildman–Crippen LogP) is 3.47. The van der Waals surface area contributed by atoms with Gasteiger partial charge in [-0.05, 0) is 56.1 Å². The van der Waals surface area contributed by atoms with E-state index in [1.165, 1.54) is 5.56 Å². The summed E-state index contributed by atoms with van der Waals surface area (Å²) < 4.78 is 0. The van der Waals surface area contributed by atoms with Gasteiger partial charge in [0.25, 0.3) is 5.56 Å². The second-order valence-electron chi connectivity index (χ2n) is 7.48. The number of benzene rings is 1. The minimum absolute atomic E-state index is 0.0879. The van der Waals surface area contributed by atoms with E-state index >= 15 is 0 Å². The molecule has 7 nitrogen and oxygen atoms in total. The zero-order valence-electron chi connectivity index (χ0n) is 18.6. The number of H-pyrrole nitrogens is 1. The summed E-state index contributed by atoms with van der Waals surface area (Å²) in [7, 11) is 1.87. The monoisotopic (exact) mass is 408 g/mol. The summed E-state index contributed by atoms with van der Waals surface area (Å²) in [5.74, 6) is 0.874. The van der Waals surface area contributed by atoms with Crippen molar-refractivity contribution in [1.29, 1.82) is 0 Å². The van der Waals surface area contributed by atoms with Crippen molar-refractivity contribution in [2.75, 3.05) is 37.3 Å². The summed E-state index contributed by atoms with van der Waals surface area (Å²) in [5.41, 5.74) is 6.54. The first-order chi connectivity index (χ1) is 14.5. The SMILES string of the molecule is CCc1nc2ccc(CN(CC)CCNc3ccc(NC)nc3C)c(C)c2[nH]c1=O. The number of hydrogen-bond donors (Lipinski definition) is 3. The Balaban J connectivity index is 1.68. The molecule has 0 bridgehead atoms. The maximum Gasteiger partial charge on any atom is 0.270 e. The van der Waals surface area contributed by atoms with Crippen molar-refractivity contribution in [2.45, 2.75) is 40.7 Å². The van der Waals surface area contributed by atoms with E-state index in [0.717, 1.165) is 60.0 Å². The molecule has 2 aromatic heterocycles. The fourth-order valence-corrected chi connectivity index (χ4v) is 3.61. The minimum atomic E-state index is -0.0879. The Morgan fingerprint density at radius 3 is 2.57 bits per heavy atom. The molecular weight excluding hydrogens is 376 g/mol. The molecule has 3 rings (SSSR count). The standard InChI is InChI=1S/C23H32N6O/c1-6-18-23(30)28-22-15(3)17(8-9-20(22)27-18)14-29(7-2)13-12-25-19-10-11-21(24-5)26-16(19)4/h8-11,25H,6-7,12-14H2,1-5H3,(H,24,26)(H,28,30). The Labute approximate surface area is 177 Å². The molecule has 0 radical (unpaired) electrons. The topological polar surface area (TPSA) is 85.9 Å². The molecule has 30 heavy (non-hydrogen) atoms. The smallest absolute Gasteiger partial charge is 0.270 e. The Kier molecular flexibility index (Phi) is 7.05. The molecule has 7 heteroatoms. The number of aryl methyl sites for hydroxylation is 3. The van der Waals surface area contributed by atoms with Gasteiger partial charge < -0.3 is 15.6 Å². The number of aromatic nitrogens is 3. The zero-order valence-corrected chi connectivity index (χ0v) is 18.6. The molecule has 0 fully saturated rings. The van der Waals surface area contributed by atoms with Gasteiger partial charge in [0.15, 0.2) is 0 Å². The van der Waals surface area contributed by atoms with Crippen LogP contribution < -0.4 is 16.2 Å². The van der Waals surface area contributed by atoms with Crippen LogP contribution in [0.3, 0.4) is 0 Å². The molecule has 1 aromatic carbocycles. The van der Waals surface area contributed by atoms with Crippen molar-refractivity contribution in [3.8, 4) is 0 Å².